The van der Waals surface area contributed by atoms with Gasteiger partial charge in [-0.1, -0.05) is 0 Å². The van der Waals surface area contributed by atoms with Crippen molar-refractivity contribution in [2.24, 2.45) is 0 Å². The summed E-state index contributed by atoms with van der Waals surface area (Å²) in [6.45, 7) is 5.52. The van der Waals surface area contributed by atoms with Crippen LogP contribution in [0.1, 0.15) is 11.4 Å². The Morgan fingerprint density at radius 3 is 1.17 bits per heavy atom. The summed E-state index contributed by atoms with van der Waals surface area (Å²) in [6, 6.07) is 7.76. The van der Waals surface area contributed by atoms with Crippen molar-refractivity contribution in [2.75, 3.05) is 68.8 Å². The van der Waals surface area contributed by atoms with Gasteiger partial charge in [-0.2, -0.15) is 0 Å². The molecule has 0 spiro atoms. The number of methoxy groups -OCH3 is 6. The van der Waals surface area contributed by atoms with Crippen molar-refractivity contribution in [3.63, 3.8) is 0 Å². The van der Waals surface area contributed by atoms with Gasteiger partial charge in [-0.15, -0.1) is 22.7 Å². The zero-order valence-corrected chi connectivity index (χ0v) is 26.4. The highest BCUT2D eigenvalue weighted by Gasteiger charge is 2.21. The van der Waals surface area contributed by atoms with Crippen LogP contribution in [0.5, 0.6) is 34.5 Å². The van der Waals surface area contributed by atoms with Gasteiger partial charge < -0.3 is 28.4 Å². The molecule has 10 nitrogen and oxygen atoms in total. The Hall–Kier alpha value is -3.58. The van der Waals surface area contributed by atoms with Crippen LogP contribution < -0.4 is 28.4 Å². The van der Waals surface area contributed by atoms with E-state index in [9.17, 15) is 0 Å². The fourth-order valence-electron chi connectivity index (χ4n) is 5.00. The molecule has 1 saturated heterocycles. The van der Waals surface area contributed by atoms with Crippen LogP contribution in [-0.2, 0) is 13.1 Å². The fourth-order valence-corrected chi connectivity index (χ4v) is 6.59. The molecule has 1 aliphatic heterocycles. The quantitative estimate of drug-likeness (QED) is 0.210. The van der Waals surface area contributed by atoms with Crippen molar-refractivity contribution in [3.05, 3.63) is 46.4 Å². The molecule has 0 atom stereocenters. The maximum absolute atomic E-state index is 5.51. The van der Waals surface area contributed by atoms with Crippen molar-refractivity contribution in [2.45, 2.75) is 13.1 Å². The predicted molar refractivity (Wildman–Crippen MR) is 165 cm³/mol. The second-order valence-electron chi connectivity index (χ2n) is 9.67. The molecule has 42 heavy (non-hydrogen) atoms. The van der Waals surface area contributed by atoms with Gasteiger partial charge in [0.05, 0.1) is 54.0 Å². The van der Waals surface area contributed by atoms with E-state index < -0.39 is 0 Å². The van der Waals surface area contributed by atoms with Crippen LogP contribution in [0, 0.1) is 0 Å². The van der Waals surface area contributed by atoms with Crippen LogP contribution in [-0.4, -0.2) is 88.6 Å². The largest absolute Gasteiger partial charge is 0.493 e. The zero-order chi connectivity index (χ0) is 29.6. The van der Waals surface area contributed by atoms with Crippen LogP contribution in [0.4, 0.5) is 0 Å². The predicted octanol–water partition coefficient (Wildman–Crippen LogP) is 5.30. The number of piperazine rings is 1. The number of aromatic nitrogens is 2. The Morgan fingerprint density at radius 2 is 0.881 bits per heavy atom. The maximum Gasteiger partial charge on any atom is 0.203 e. The normalized spacial score (nSPS) is 14.0. The monoisotopic (exact) mass is 612 g/mol. The third-order valence-electron chi connectivity index (χ3n) is 7.16. The van der Waals surface area contributed by atoms with E-state index in [1.54, 1.807) is 65.3 Å². The molecule has 4 aromatic rings. The molecule has 12 heteroatoms. The molecule has 5 rings (SSSR count). The molecular formula is C30H36N4O6S2. The van der Waals surface area contributed by atoms with Gasteiger partial charge in [-0.25, -0.2) is 9.97 Å². The summed E-state index contributed by atoms with van der Waals surface area (Å²) in [5.74, 6) is 3.64. The third-order valence-corrected chi connectivity index (χ3v) is 9.04. The molecule has 1 fully saturated rings. The molecule has 2 aromatic carbocycles. The van der Waals surface area contributed by atoms with E-state index in [1.165, 1.54) is 0 Å². The first-order valence-corrected chi connectivity index (χ1v) is 15.2. The molecule has 0 unspecified atom stereocenters. The number of benzene rings is 2. The highest BCUT2D eigenvalue weighted by atomic mass is 32.1. The summed E-state index contributed by atoms with van der Waals surface area (Å²) in [4.78, 5) is 14.7. The minimum absolute atomic E-state index is 0.577. The second-order valence-corrected chi connectivity index (χ2v) is 11.4. The molecule has 2 aromatic heterocycles. The van der Waals surface area contributed by atoms with Crippen molar-refractivity contribution >= 4 is 22.7 Å². The zero-order valence-electron chi connectivity index (χ0n) is 24.8. The van der Waals surface area contributed by atoms with Crippen LogP contribution in [0.15, 0.2) is 35.0 Å². The van der Waals surface area contributed by atoms with Crippen molar-refractivity contribution in [1.82, 2.24) is 19.8 Å². The van der Waals surface area contributed by atoms with Gasteiger partial charge in [-0.05, 0) is 24.3 Å². The summed E-state index contributed by atoms with van der Waals surface area (Å²) >= 11 is 3.24. The number of thiazole rings is 2. The van der Waals surface area contributed by atoms with E-state index >= 15 is 0 Å². The molecule has 0 radical (unpaired) electrons. The first kappa shape index (κ1) is 29.9. The average molecular weight is 613 g/mol. The maximum atomic E-state index is 5.51. The average Bonchev–Trinajstić information content (AvgIpc) is 3.70. The molecule has 3 heterocycles. The first-order chi connectivity index (χ1) is 20.5. The summed E-state index contributed by atoms with van der Waals surface area (Å²) in [5.41, 5.74) is 4.01. The van der Waals surface area contributed by atoms with Gasteiger partial charge in [0.1, 0.15) is 10.0 Å². The van der Waals surface area contributed by atoms with Crippen LogP contribution in [0.3, 0.4) is 0 Å². The van der Waals surface area contributed by atoms with Gasteiger partial charge in [0.2, 0.25) is 11.5 Å². The minimum Gasteiger partial charge on any atom is -0.493 e. The van der Waals surface area contributed by atoms with Gasteiger partial charge >= 0.3 is 0 Å². The van der Waals surface area contributed by atoms with Gasteiger partial charge in [0.25, 0.3) is 0 Å². The van der Waals surface area contributed by atoms with Gasteiger partial charge in [0.15, 0.2) is 23.0 Å². The van der Waals surface area contributed by atoms with E-state index in [1.807, 2.05) is 24.3 Å². The van der Waals surface area contributed by atoms with Crippen LogP contribution in [0.25, 0.3) is 21.1 Å². The molecule has 0 saturated carbocycles. The summed E-state index contributed by atoms with van der Waals surface area (Å²) in [5, 5.41) is 6.11. The first-order valence-electron chi connectivity index (χ1n) is 13.4. The van der Waals surface area contributed by atoms with E-state index in [0.717, 1.165) is 71.8 Å². The van der Waals surface area contributed by atoms with Crippen molar-refractivity contribution in [3.8, 4) is 55.6 Å². The Kier molecular flexibility index (Phi) is 9.68. The number of hydrogen-bond acceptors (Lipinski definition) is 12. The van der Waals surface area contributed by atoms with Crippen LogP contribution >= 0.6 is 22.7 Å². The Bertz CT molecular complexity index is 1340. The Labute approximate surface area is 254 Å². The minimum atomic E-state index is 0.577. The lowest BCUT2D eigenvalue weighted by Crippen LogP contribution is -2.45. The molecule has 0 aliphatic carbocycles. The number of nitrogens with zero attached hydrogens (tertiary/aromatic N) is 4. The lowest BCUT2D eigenvalue weighted by molar-refractivity contribution is 0.120. The van der Waals surface area contributed by atoms with Gasteiger partial charge in [0, 0.05) is 61.2 Å². The molecule has 1 aliphatic rings. The van der Waals surface area contributed by atoms with E-state index in [2.05, 4.69) is 20.6 Å². The molecular weight excluding hydrogens is 576 g/mol. The number of ether oxygens (including phenoxy) is 6. The molecule has 0 bridgehead atoms. The standard InChI is InChI=1S/C30H36N4O6S2/c1-35-23-11-19(12-24(36-2)27(23)39-5)29-31-21(17-41-29)15-33-7-9-34(10-8-33)16-22-18-42-30(32-22)20-13-25(37-3)28(40-6)26(14-20)38-4/h11-14,17-18H,7-10,15-16H2,1-6H3. The Balaban J connectivity index is 1.18. The van der Waals surface area contributed by atoms with E-state index in [0.29, 0.717) is 34.5 Å². The second kappa shape index (κ2) is 13.6. The lowest BCUT2D eigenvalue weighted by Gasteiger charge is -2.33. The van der Waals surface area contributed by atoms with Crippen LogP contribution in [0.2, 0.25) is 0 Å². The Morgan fingerprint density at radius 1 is 0.548 bits per heavy atom. The van der Waals surface area contributed by atoms with E-state index in [4.69, 9.17) is 38.4 Å². The summed E-state index contributed by atoms with van der Waals surface area (Å²) in [6.07, 6.45) is 0. The van der Waals surface area contributed by atoms with Crippen molar-refractivity contribution < 1.29 is 28.4 Å². The van der Waals surface area contributed by atoms with Crippen molar-refractivity contribution in [1.29, 1.82) is 0 Å². The van der Waals surface area contributed by atoms with E-state index in [-0.39, 0.29) is 0 Å². The lowest BCUT2D eigenvalue weighted by atomic mass is 10.2. The highest BCUT2D eigenvalue weighted by molar-refractivity contribution is 7.13. The summed E-state index contributed by atoms with van der Waals surface area (Å²) in [7, 11) is 9.70. The molecule has 0 N–H and O–H groups in total. The molecule has 0 amide bonds. The number of hydrogen-bond donors (Lipinski definition) is 0. The third kappa shape index (κ3) is 6.41. The fraction of sp³-hybridized carbons (Fsp3) is 0.400. The highest BCUT2D eigenvalue weighted by Crippen LogP contribution is 2.43. The topological polar surface area (TPSA) is 87.6 Å². The SMILES string of the molecule is COc1cc(-c2nc(CN3CCN(Cc4csc(-c5cc(OC)c(OC)c(OC)c5)n4)CC3)cs2)cc(OC)c1OC. The summed E-state index contributed by atoms with van der Waals surface area (Å²) < 4.78 is 33.0. The number of rotatable bonds is 12. The molecule has 224 valence electrons. The van der Waals surface area contributed by atoms with Gasteiger partial charge in [-0.3, -0.25) is 9.80 Å². The smallest absolute Gasteiger partial charge is 0.203 e.